The van der Waals surface area contributed by atoms with Crippen molar-refractivity contribution in [1.29, 1.82) is 0 Å². The van der Waals surface area contributed by atoms with Gasteiger partial charge in [-0.2, -0.15) is 0 Å². The number of amides is 1. The van der Waals surface area contributed by atoms with Gasteiger partial charge >= 0.3 is 0 Å². The van der Waals surface area contributed by atoms with Crippen LogP contribution in [0.4, 0.5) is 11.5 Å². The zero-order valence-electron chi connectivity index (χ0n) is 12.8. The quantitative estimate of drug-likeness (QED) is 0.870. The fourth-order valence-corrected chi connectivity index (χ4v) is 2.78. The van der Waals surface area contributed by atoms with Crippen LogP contribution in [0.3, 0.4) is 0 Å². The predicted molar refractivity (Wildman–Crippen MR) is 86.3 cm³/mol. The summed E-state index contributed by atoms with van der Waals surface area (Å²) in [5, 5.41) is 0. The number of carbonyl (C=O) groups excluding carboxylic acids is 1. The number of likely N-dealkylation sites (tertiary alicyclic amines) is 1. The highest BCUT2D eigenvalue weighted by molar-refractivity contribution is 5.93. The molecule has 22 heavy (non-hydrogen) atoms. The lowest BCUT2D eigenvalue weighted by Crippen LogP contribution is -2.29. The van der Waals surface area contributed by atoms with Crippen molar-refractivity contribution in [2.24, 2.45) is 0 Å². The summed E-state index contributed by atoms with van der Waals surface area (Å²) in [6, 6.07) is 11.8. The Kier molecular flexibility index (Phi) is 4.32. The normalized spacial score (nSPS) is 14.1. The Hall–Kier alpha value is -2.43. The first kappa shape index (κ1) is 14.5. The van der Waals surface area contributed by atoms with Gasteiger partial charge in [-0.15, -0.1) is 0 Å². The van der Waals surface area contributed by atoms with Gasteiger partial charge in [0.1, 0.15) is 17.8 Å². The molecule has 1 aliphatic heterocycles. The number of benzene rings is 1. The number of anilines is 2. The van der Waals surface area contributed by atoms with Crippen molar-refractivity contribution in [2.45, 2.75) is 19.8 Å². The van der Waals surface area contributed by atoms with Crippen molar-refractivity contribution in [3.8, 4) is 0 Å². The Morgan fingerprint density at radius 1 is 1.18 bits per heavy atom. The van der Waals surface area contributed by atoms with Crippen LogP contribution >= 0.6 is 0 Å². The molecule has 0 unspecified atom stereocenters. The number of nitrogens with zero attached hydrogens (tertiary/aromatic N) is 4. The first-order valence-corrected chi connectivity index (χ1v) is 7.73. The van der Waals surface area contributed by atoms with E-state index < -0.39 is 0 Å². The number of hydrogen-bond donors (Lipinski definition) is 0. The van der Waals surface area contributed by atoms with E-state index in [1.165, 1.54) is 6.33 Å². The summed E-state index contributed by atoms with van der Waals surface area (Å²) in [6.45, 7) is 4.50. The van der Waals surface area contributed by atoms with E-state index >= 15 is 0 Å². The van der Waals surface area contributed by atoms with Crippen LogP contribution in [-0.2, 0) is 0 Å². The van der Waals surface area contributed by atoms with Gasteiger partial charge in [0.2, 0.25) is 0 Å². The topological polar surface area (TPSA) is 49.3 Å². The lowest BCUT2D eigenvalue weighted by molar-refractivity contribution is 0.0787. The predicted octanol–water partition coefficient (Wildman–Crippen LogP) is 2.87. The summed E-state index contributed by atoms with van der Waals surface area (Å²) in [6.07, 6.45) is 3.63. The number of rotatable bonds is 4. The van der Waals surface area contributed by atoms with E-state index in [-0.39, 0.29) is 5.91 Å². The maximum absolute atomic E-state index is 12.5. The number of para-hydroxylation sites is 1. The lowest BCUT2D eigenvalue weighted by atomic mass is 10.2. The Balaban J connectivity index is 1.88. The second-order valence-corrected chi connectivity index (χ2v) is 5.34. The van der Waals surface area contributed by atoms with Gasteiger partial charge in [-0.05, 0) is 31.9 Å². The smallest absolute Gasteiger partial charge is 0.272 e. The monoisotopic (exact) mass is 296 g/mol. The summed E-state index contributed by atoms with van der Waals surface area (Å²) in [4.78, 5) is 24.9. The molecule has 0 saturated carbocycles. The minimum absolute atomic E-state index is 0.00487. The van der Waals surface area contributed by atoms with Gasteiger partial charge in [0.05, 0.1) is 0 Å². The molecule has 1 aromatic heterocycles. The minimum Gasteiger partial charge on any atom is -0.337 e. The van der Waals surface area contributed by atoms with Crippen LogP contribution in [0.15, 0.2) is 42.7 Å². The van der Waals surface area contributed by atoms with Gasteiger partial charge in [0.25, 0.3) is 5.91 Å². The molecule has 1 saturated heterocycles. The van der Waals surface area contributed by atoms with Crippen molar-refractivity contribution < 1.29 is 4.79 Å². The standard InChI is InChI=1S/C17H20N4O/c1-2-21(14-8-4-3-5-9-14)16-12-15(18-13-19-16)17(22)20-10-6-7-11-20/h3-5,8-9,12-13H,2,6-7,10-11H2,1H3. The molecule has 114 valence electrons. The molecule has 2 aromatic rings. The number of hydrogen-bond acceptors (Lipinski definition) is 4. The highest BCUT2D eigenvalue weighted by Crippen LogP contribution is 2.23. The number of carbonyl (C=O) groups is 1. The van der Waals surface area contributed by atoms with Crippen LogP contribution in [0.25, 0.3) is 0 Å². The third kappa shape index (κ3) is 2.93. The molecule has 2 heterocycles. The summed E-state index contributed by atoms with van der Waals surface area (Å²) >= 11 is 0. The molecule has 1 amide bonds. The molecule has 1 aromatic carbocycles. The Labute approximate surface area is 130 Å². The SMILES string of the molecule is CCN(c1ccccc1)c1cc(C(=O)N2CCCC2)ncn1. The Bertz CT molecular complexity index is 638. The van der Waals surface area contributed by atoms with Gasteiger partial charge < -0.3 is 9.80 Å². The van der Waals surface area contributed by atoms with E-state index in [0.717, 1.165) is 44.0 Å². The zero-order valence-corrected chi connectivity index (χ0v) is 12.8. The molecule has 0 N–H and O–H groups in total. The molecule has 0 bridgehead atoms. The van der Waals surface area contributed by atoms with E-state index in [4.69, 9.17) is 0 Å². The molecule has 5 heteroatoms. The third-order valence-corrected chi connectivity index (χ3v) is 3.93. The molecule has 0 aliphatic carbocycles. The van der Waals surface area contributed by atoms with Gasteiger partial charge in [0, 0.05) is 31.4 Å². The second-order valence-electron chi connectivity index (χ2n) is 5.34. The van der Waals surface area contributed by atoms with E-state index in [1.54, 1.807) is 6.07 Å². The molecule has 0 spiro atoms. The van der Waals surface area contributed by atoms with Crippen molar-refractivity contribution >= 4 is 17.4 Å². The van der Waals surface area contributed by atoms with Crippen LogP contribution in [0.2, 0.25) is 0 Å². The second kappa shape index (κ2) is 6.56. The lowest BCUT2D eigenvalue weighted by Gasteiger charge is -2.22. The van der Waals surface area contributed by atoms with Crippen molar-refractivity contribution in [1.82, 2.24) is 14.9 Å². The van der Waals surface area contributed by atoms with Crippen molar-refractivity contribution in [3.63, 3.8) is 0 Å². The Morgan fingerprint density at radius 2 is 1.91 bits per heavy atom. The summed E-state index contributed by atoms with van der Waals surface area (Å²) in [5.74, 6) is 0.761. The van der Waals surface area contributed by atoms with Crippen molar-refractivity contribution in [2.75, 3.05) is 24.5 Å². The van der Waals surface area contributed by atoms with Crippen LogP contribution in [0.1, 0.15) is 30.3 Å². The van der Waals surface area contributed by atoms with Crippen LogP contribution in [-0.4, -0.2) is 40.4 Å². The first-order valence-electron chi connectivity index (χ1n) is 7.73. The van der Waals surface area contributed by atoms with Crippen molar-refractivity contribution in [3.05, 3.63) is 48.4 Å². The largest absolute Gasteiger partial charge is 0.337 e. The molecular weight excluding hydrogens is 276 g/mol. The summed E-state index contributed by atoms with van der Waals surface area (Å²) in [7, 11) is 0. The van der Waals surface area contributed by atoms with Gasteiger partial charge in [-0.1, -0.05) is 18.2 Å². The van der Waals surface area contributed by atoms with Crippen LogP contribution in [0, 0.1) is 0 Å². The van der Waals surface area contributed by atoms with E-state index in [9.17, 15) is 4.79 Å². The van der Waals surface area contributed by atoms with E-state index in [1.807, 2.05) is 35.2 Å². The highest BCUT2D eigenvalue weighted by Gasteiger charge is 2.21. The number of aromatic nitrogens is 2. The maximum Gasteiger partial charge on any atom is 0.272 e. The fraction of sp³-hybridized carbons (Fsp3) is 0.353. The Morgan fingerprint density at radius 3 is 2.59 bits per heavy atom. The average molecular weight is 296 g/mol. The fourth-order valence-electron chi connectivity index (χ4n) is 2.78. The van der Waals surface area contributed by atoms with Crippen LogP contribution in [0.5, 0.6) is 0 Å². The molecule has 0 atom stereocenters. The average Bonchev–Trinajstić information content (AvgIpc) is 3.11. The van der Waals surface area contributed by atoms with E-state index in [2.05, 4.69) is 21.8 Å². The minimum atomic E-state index is 0.00487. The molecule has 1 fully saturated rings. The maximum atomic E-state index is 12.5. The zero-order chi connectivity index (χ0) is 15.4. The first-order chi connectivity index (χ1) is 10.8. The van der Waals surface area contributed by atoms with Gasteiger partial charge in [-0.25, -0.2) is 9.97 Å². The summed E-state index contributed by atoms with van der Waals surface area (Å²) < 4.78 is 0. The van der Waals surface area contributed by atoms with E-state index in [0.29, 0.717) is 5.69 Å². The molecule has 0 radical (unpaired) electrons. The highest BCUT2D eigenvalue weighted by atomic mass is 16.2. The third-order valence-electron chi connectivity index (χ3n) is 3.93. The molecule has 3 rings (SSSR count). The molecule has 5 nitrogen and oxygen atoms in total. The molecule has 1 aliphatic rings. The summed E-state index contributed by atoms with van der Waals surface area (Å²) in [5.41, 5.74) is 1.53. The molecular formula is C17H20N4O. The van der Waals surface area contributed by atoms with Crippen LogP contribution < -0.4 is 4.90 Å². The van der Waals surface area contributed by atoms with Gasteiger partial charge in [-0.3, -0.25) is 4.79 Å². The van der Waals surface area contributed by atoms with Gasteiger partial charge in [0.15, 0.2) is 0 Å².